The van der Waals surface area contributed by atoms with Crippen LogP contribution in [0, 0.1) is 0 Å². The minimum Gasteiger partial charge on any atom is -0.369 e. The Morgan fingerprint density at radius 3 is 2.38 bits per heavy atom. The van der Waals surface area contributed by atoms with Gasteiger partial charge in [-0.2, -0.15) is 0 Å². The van der Waals surface area contributed by atoms with Crippen molar-refractivity contribution in [1.82, 2.24) is 9.97 Å². The normalized spacial score (nSPS) is 13.2. The molecule has 2 aromatic rings. The molecule has 1 unspecified atom stereocenters. The van der Waals surface area contributed by atoms with Crippen LogP contribution in [-0.4, -0.2) is 17.1 Å². The van der Waals surface area contributed by atoms with Crippen LogP contribution in [0.1, 0.15) is 44.0 Å². The lowest BCUT2D eigenvalue weighted by Gasteiger charge is -2.22. The number of ether oxygens (including phenoxy) is 1. The molecule has 1 N–H and O–H groups in total. The first kappa shape index (κ1) is 15.9. The average Bonchev–Trinajstić information content (AvgIpc) is 2.43. The zero-order valence-corrected chi connectivity index (χ0v) is 14.2. The van der Waals surface area contributed by atoms with Crippen molar-refractivity contribution in [2.75, 3.05) is 7.11 Å². The highest BCUT2D eigenvalue weighted by Crippen LogP contribution is 2.28. The van der Waals surface area contributed by atoms with Crippen LogP contribution in [0.4, 0.5) is 0 Å². The van der Waals surface area contributed by atoms with Crippen LogP contribution in [-0.2, 0) is 10.2 Å². The Morgan fingerprint density at radius 2 is 1.86 bits per heavy atom. The molecule has 0 aliphatic carbocycles. The molecule has 0 spiro atoms. The van der Waals surface area contributed by atoms with Crippen LogP contribution in [0.5, 0.6) is 0 Å². The second kappa shape index (κ2) is 6.12. The molecule has 21 heavy (non-hydrogen) atoms. The van der Waals surface area contributed by atoms with Crippen LogP contribution in [0.25, 0.3) is 0 Å². The van der Waals surface area contributed by atoms with Crippen molar-refractivity contribution in [2.24, 2.45) is 0 Å². The van der Waals surface area contributed by atoms with Crippen LogP contribution >= 0.6 is 15.9 Å². The molecule has 0 aliphatic rings. The highest BCUT2D eigenvalue weighted by atomic mass is 79.9. The van der Waals surface area contributed by atoms with Crippen molar-refractivity contribution in [3.05, 3.63) is 62.2 Å². The molecule has 0 fully saturated rings. The van der Waals surface area contributed by atoms with Gasteiger partial charge in [-0.05, 0) is 21.5 Å². The molecular weight excluding hydrogens is 332 g/mol. The van der Waals surface area contributed by atoms with Gasteiger partial charge >= 0.3 is 0 Å². The third kappa shape index (κ3) is 3.41. The fraction of sp³-hybridized carbons (Fsp3) is 0.375. The zero-order valence-electron chi connectivity index (χ0n) is 12.6. The number of aromatic amines is 1. The number of hydrogen-bond donors (Lipinski definition) is 1. The summed E-state index contributed by atoms with van der Waals surface area (Å²) < 4.78 is 6.01. The van der Waals surface area contributed by atoms with Gasteiger partial charge in [0.15, 0.2) is 0 Å². The second-order valence-corrected chi connectivity index (χ2v) is 6.68. The smallest absolute Gasteiger partial charge is 0.265 e. The number of halogens is 1. The highest BCUT2D eigenvalue weighted by molar-refractivity contribution is 9.10. The second-order valence-electron chi connectivity index (χ2n) is 5.89. The fourth-order valence-corrected chi connectivity index (χ4v) is 2.91. The molecule has 4 nitrogen and oxygen atoms in total. The van der Waals surface area contributed by atoms with E-state index in [4.69, 9.17) is 4.74 Å². The average molecular weight is 351 g/mol. The standard InChI is InChI=1S/C16H19BrN2O2/c1-16(2,3)13-11(17)15(20)19-14(18-13)12(21-4)10-8-6-5-7-9-10/h5-9,12H,1-4H3,(H,18,19,20). The van der Waals surface area contributed by atoms with Crippen LogP contribution in [0.3, 0.4) is 0 Å². The molecule has 1 atom stereocenters. The van der Waals surface area contributed by atoms with E-state index in [-0.39, 0.29) is 11.0 Å². The fourth-order valence-electron chi connectivity index (χ4n) is 2.13. The first-order valence-electron chi connectivity index (χ1n) is 6.72. The van der Waals surface area contributed by atoms with Crippen molar-refractivity contribution < 1.29 is 4.74 Å². The van der Waals surface area contributed by atoms with Gasteiger partial charge in [0.05, 0.1) is 5.69 Å². The monoisotopic (exact) mass is 350 g/mol. The quantitative estimate of drug-likeness (QED) is 0.920. The van der Waals surface area contributed by atoms with E-state index in [1.54, 1.807) is 7.11 Å². The molecule has 0 bridgehead atoms. The van der Waals surface area contributed by atoms with E-state index in [2.05, 4.69) is 25.9 Å². The lowest BCUT2D eigenvalue weighted by molar-refractivity contribution is 0.128. The molecule has 1 aromatic carbocycles. The van der Waals surface area contributed by atoms with Crippen LogP contribution < -0.4 is 5.56 Å². The molecule has 0 radical (unpaired) electrons. The highest BCUT2D eigenvalue weighted by Gasteiger charge is 2.25. The largest absolute Gasteiger partial charge is 0.369 e. The summed E-state index contributed by atoms with van der Waals surface area (Å²) in [6.45, 7) is 6.06. The maximum Gasteiger partial charge on any atom is 0.265 e. The third-order valence-electron chi connectivity index (χ3n) is 3.18. The lowest BCUT2D eigenvalue weighted by Crippen LogP contribution is -2.25. The summed E-state index contributed by atoms with van der Waals surface area (Å²) in [6.07, 6.45) is -0.395. The van der Waals surface area contributed by atoms with Crippen molar-refractivity contribution in [2.45, 2.75) is 32.3 Å². The van der Waals surface area contributed by atoms with Gasteiger partial charge in [-0.25, -0.2) is 4.98 Å². The number of benzene rings is 1. The van der Waals surface area contributed by atoms with E-state index in [0.29, 0.717) is 10.3 Å². The predicted molar refractivity (Wildman–Crippen MR) is 86.6 cm³/mol. The van der Waals surface area contributed by atoms with Gasteiger partial charge in [0.1, 0.15) is 16.4 Å². The van der Waals surface area contributed by atoms with Gasteiger partial charge in [-0.15, -0.1) is 0 Å². The third-order valence-corrected chi connectivity index (χ3v) is 3.91. The Labute approximate surface area is 132 Å². The molecular formula is C16H19BrN2O2. The molecule has 1 heterocycles. The summed E-state index contributed by atoms with van der Waals surface area (Å²) in [7, 11) is 1.61. The summed E-state index contributed by atoms with van der Waals surface area (Å²) in [6, 6.07) is 9.71. The topological polar surface area (TPSA) is 55.0 Å². The molecule has 2 rings (SSSR count). The Balaban J connectivity index is 2.58. The molecule has 0 aliphatic heterocycles. The summed E-state index contributed by atoms with van der Waals surface area (Å²) >= 11 is 3.33. The lowest BCUT2D eigenvalue weighted by atomic mass is 9.92. The van der Waals surface area contributed by atoms with E-state index >= 15 is 0 Å². The van der Waals surface area contributed by atoms with Gasteiger partial charge in [-0.1, -0.05) is 51.1 Å². The van der Waals surface area contributed by atoms with E-state index in [1.165, 1.54) is 0 Å². The number of rotatable bonds is 3. The number of H-pyrrole nitrogens is 1. The maximum absolute atomic E-state index is 12.2. The SMILES string of the molecule is COC(c1ccccc1)c1nc(C(C)(C)C)c(Br)c(=O)[nH]1. The first-order valence-corrected chi connectivity index (χ1v) is 7.52. The molecule has 112 valence electrons. The predicted octanol–water partition coefficient (Wildman–Crippen LogP) is 3.57. The molecule has 0 saturated carbocycles. The zero-order chi connectivity index (χ0) is 15.6. The minimum atomic E-state index is -0.395. The van der Waals surface area contributed by atoms with Gasteiger partial charge in [0.2, 0.25) is 0 Å². The summed E-state index contributed by atoms with van der Waals surface area (Å²) in [4.78, 5) is 19.6. The Bertz CT molecular complexity index is 675. The van der Waals surface area contributed by atoms with E-state index < -0.39 is 6.10 Å². The Kier molecular flexibility index (Phi) is 4.64. The number of nitrogens with one attached hydrogen (secondary N) is 1. The Hall–Kier alpha value is -1.46. The van der Waals surface area contributed by atoms with Gasteiger partial charge in [-0.3, -0.25) is 4.79 Å². The van der Waals surface area contributed by atoms with Crippen LogP contribution in [0.2, 0.25) is 0 Å². The first-order chi connectivity index (χ1) is 9.84. The van der Waals surface area contributed by atoms with Gasteiger partial charge < -0.3 is 9.72 Å². The number of methoxy groups -OCH3 is 1. The minimum absolute atomic E-state index is 0.192. The molecule has 5 heteroatoms. The number of nitrogens with zero attached hydrogens (tertiary/aromatic N) is 1. The summed E-state index contributed by atoms with van der Waals surface area (Å²) in [5, 5.41) is 0. The van der Waals surface area contributed by atoms with Crippen molar-refractivity contribution in [3.63, 3.8) is 0 Å². The van der Waals surface area contributed by atoms with Crippen LogP contribution in [0.15, 0.2) is 39.6 Å². The van der Waals surface area contributed by atoms with E-state index in [9.17, 15) is 4.79 Å². The van der Waals surface area contributed by atoms with E-state index in [0.717, 1.165) is 11.3 Å². The summed E-state index contributed by atoms with van der Waals surface area (Å²) in [5.41, 5.74) is 1.24. The number of hydrogen-bond acceptors (Lipinski definition) is 3. The molecule has 0 saturated heterocycles. The van der Waals surface area contributed by atoms with Crippen molar-refractivity contribution in [3.8, 4) is 0 Å². The van der Waals surface area contributed by atoms with Gasteiger partial charge in [0.25, 0.3) is 5.56 Å². The maximum atomic E-state index is 12.2. The molecule has 0 amide bonds. The van der Waals surface area contributed by atoms with Crippen molar-refractivity contribution in [1.29, 1.82) is 0 Å². The number of aromatic nitrogens is 2. The summed E-state index contributed by atoms with van der Waals surface area (Å²) in [5.74, 6) is 0.516. The molecule has 1 aromatic heterocycles. The van der Waals surface area contributed by atoms with E-state index in [1.807, 2.05) is 51.1 Å². The Morgan fingerprint density at radius 1 is 1.24 bits per heavy atom. The van der Waals surface area contributed by atoms with Crippen molar-refractivity contribution >= 4 is 15.9 Å². The van der Waals surface area contributed by atoms with Gasteiger partial charge in [0, 0.05) is 12.5 Å².